The molecule has 7 heteroatoms. The molecule has 0 saturated heterocycles. The number of hydrogen-bond acceptors (Lipinski definition) is 5. The molecule has 3 rings (SSSR count). The molecule has 3 aromatic heterocycles. The van der Waals surface area contributed by atoms with Crippen molar-refractivity contribution in [3.63, 3.8) is 0 Å². The summed E-state index contributed by atoms with van der Waals surface area (Å²) < 4.78 is 1.79. The normalized spacial score (nSPS) is 10.6. The minimum atomic E-state index is -0.0855. The minimum absolute atomic E-state index is 0.0855. The van der Waals surface area contributed by atoms with Crippen LogP contribution in [0.1, 0.15) is 24.7 Å². The van der Waals surface area contributed by atoms with E-state index in [0.717, 1.165) is 22.8 Å². The molecule has 0 aliphatic heterocycles. The number of carbonyl (C=O) groups is 1. The quantitative estimate of drug-likeness (QED) is 0.798. The Kier molecular flexibility index (Phi) is 4.33. The van der Waals surface area contributed by atoms with Crippen LogP contribution in [0.2, 0.25) is 0 Å². The van der Waals surface area contributed by atoms with Gasteiger partial charge in [-0.2, -0.15) is 5.10 Å². The summed E-state index contributed by atoms with van der Waals surface area (Å²) in [6, 6.07) is 7.42. The lowest BCUT2D eigenvalue weighted by atomic mass is 10.2. The van der Waals surface area contributed by atoms with Gasteiger partial charge in [-0.05, 0) is 38.1 Å². The molecule has 0 atom stereocenters. The van der Waals surface area contributed by atoms with Gasteiger partial charge >= 0.3 is 0 Å². The van der Waals surface area contributed by atoms with Gasteiger partial charge in [-0.3, -0.25) is 4.79 Å². The lowest BCUT2D eigenvalue weighted by Crippen LogP contribution is -2.11. The standard InChI is InChI=1S/C17H18N6O/c1-4-16(24)20-14-7-8-18-17(21-14)13-5-6-15(19-10-13)23-12(3)9-11(2)22-23/h5-10H,4H2,1-3H3,(H,18,20,21,24). The van der Waals surface area contributed by atoms with Crippen molar-refractivity contribution in [2.45, 2.75) is 27.2 Å². The van der Waals surface area contributed by atoms with E-state index in [9.17, 15) is 4.79 Å². The molecule has 3 aromatic rings. The number of rotatable bonds is 4. The van der Waals surface area contributed by atoms with Crippen LogP contribution in [-0.2, 0) is 4.79 Å². The topological polar surface area (TPSA) is 85.6 Å². The Morgan fingerprint density at radius 3 is 2.67 bits per heavy atom. The van der Waals surface area contributed by atoms with E-state index in [2.05, 4.69) is 25.4 Å². The van der Waals surface area contributed by atoms with Gasteiger partial charge in [0.2, 0.25) is 5.91 Å². The van der Waals surface area contributed by atoms with Gasteiger partial charge in [-0.1, -0.05) is 6.92 Å². The number of aromatic nitrogens is 5. The van der Waals surface area contributed by atoms with Gasteiger partial charge in [-0.25, -0.2) is 19.6 Å². The third-order valence-corrected chi connectivity index (χ3v) is 3.48. The highest BCUT2D eigenvalue weighted by atomic mass is 16.1. The SMILES string of the molecule is CCC(=O)Nc1ccnc(-c2ccc(-n3nc(C)cc3C)nc2)n1. The fraction of sp³-hybridized carbons (Fsp3) is 0.235. The van der Waals surface area contributed by atoms with E-state index in [1.807, 2.05) is 32.0 Å². The van der Waals surface area contributed by atoms with Gasteiger partial charge in [-0.15, -0.1) is 0 Å². The second kappa shape index (κ2) is 6.57. The maximum Gasteiger partial charge on any atom is 0.225 e. The molecule has 0 fully saturated rings. The van der Waals surface area contributed by atoms with Crippen LogP contribution in [0.25, 0.3) is 17.2 Å². The summed E-state index contributed by atoms with van der Waals surface area (Å²) in [5.74, 6) is 1.64. The van der Waals surface area contributed by atoms with E-state index >= 15 is 0 Å². The van der Waals surface area contributed by atoms with E-state index in [1.54, 1.807) is 30.1 Å². The molecule has 122 valence electrons. The molecular formula is C17H18N6O. The summed E-state index contributed by atoms with van der Waals surface area (Å²) >= 11 is 0. The van der Waals surface area contributed by atoms with Gasteiger partial charge in [0.25, 0.3) is 0 Å². The third-order valence-electron chi connectivity index (χ3n) is 3.48. The zero-order chi connectivity index (χ0) is 17.1. The van der Waals surface area contributed by atoms with Crippen LogP contribution in [0.4, 0.5) is 5.82 Å². The summed E-state index contributed by atoms with van der Waals surface area (Å²) in [4.78, 5) is 24.5. The lowest BCUT2D eigenvalue weighted by molar-refractivity contribution is -0.115. The van der Waals surface area contributed by atoms with Gasteiger partial charge in [0.05, 0.1) is 5.69 Å². The van der Waals surface area contributed by atoms with Crippen LogP contribution in [0.5, 0.6) is 0 Å². The maximum atomic E-state index is 11.5. The molecule has 0 aromatic carbocycles. The average molecular weight is 322 g/mol. The molecule has 0 aliphatic rings. The number of aryl methyl sites for hydroxylation is 2. The van der Waals surface area contributed by atoms with E-state index in [1.165, 1.54) is 0 Å². The van der Waals surface area contributed by atoms with Crippen LogP contribution in [0.3, 0.4) is 0 Å². The largest absolute Gasteiger partial charge is 0.311 e. The van der Waals surface area contributed by atoms with E-state index in [4.69, 9.17) is 0 Å². The van der Waals surface area contributed by atoms with Crippen molar-refractivity contribution in [2.24, 2.45) is 0 Å². The van der Waals surface area contributed by atoms with Crippen LogP contribution >= 0.6 is 0 Å². The van der Waals surface area contributed by atoms with Crippen LogP contribution in [0.15, 0.2) is 36.7 Å². The Morgan fingerprint density at radius 1 is 1.21 bits per heavy atom. The number of pyridine rings is 1. The Bertz CT molecular complexity index is 869. The zero-order valence-corrected chi connectivity index (χ0v) is 13.8. The summed E-state index contributed by atoms with van der Waals surface area (Å²) in [6.07, 6.45) is 3.72. The van der Waals surface area contributed by atoms with Crippen molar-refractivity contribution in [1.29, 1.82) is 0 Å². The molecule has 0 bridgehead atoms. The molecule has 0 spiro atoms. The first kappa shape index (κ1) is 15.8. The first-order valence-electron chi connectivity index (χ1n) is 7.70. The summed E-state index contributed by atoms with van der Waals surface area (Å²) in [5.41, 5.74) is 2.74. The molecule has 24 heavy (non-hydrogen) atoms. The Balaban J connectivity index is 1.87. The third kappa shape index (κ3) is 3.29. The molecule has 0 saturated carbocycles. The van der Waals surface area contributed by atoms with Crippen molar-refractivity contribution >= 4 is 11.7 Å². The Labute approximate surface area is 139 Å². The van der Waals surface area contributed by atoms with Gasteiger partial charge < -0.3 is 5.32 Å². The zero-order valence-electron chi connectivity index (χ0n) is 13.8. The molecule has 3 heterocycles. The molecule has 1 N–H and O–H groups in total. The number of hydrogen-bond donors (Lipinski definition) is 1. The van der Waals surface area contributed by atoms with Crippen LogP contribution < -0.4 is 5.32 Å². The highest BCUT2D eigenvalue weighted by Gasteiger charge is 2.08. The van der Waals surface area contributed by atoms with Gasteiger partial charge in [0, 0.05) is 30.1 Å². The number of amides is 1. The molecule has 0 unspecified atom stereocenters. The fourth-order valence-corrected chi connectivity index (χ4v) is 2.30. The second-order valence-corrected chi connectivity index (χ2v) is 5.41. The number of nitrogens with zero attached hydrogens (tertiary/aromatic N) is 5. The summed E-state index contributed by atoms with van der Waals surface area (Å²) in [6.45, 7) is 5.72. The van der Waals surface area contributed by atoms with E-state index in [0.29, 0.717) is 18.1 Å². The molecule has 0 aliphatic carbocycles. The number of anilines is 1. The molecule has 0 radical (unpaired) electrons. The van der Waals surface area contributed by atoms with Crippen molar-refractivity contribution in [3.8, 4) is 17.2 Å². The first-order chi connectivity index (χ1) is 11.6. The van der Waals surface area contributed by atoms with Crippen molar-refractivity contribution in [1.82, 2.24) is 24.7 Å². The maximum absolute atomic E-state index is 11.5. The Hall–Kier alpha value is -3.09. The van der Waals surface area contributed by atoms with Gasteiger partial charge in [0.15, 0.2) is 11.6 Å². The van der Waals surface area contributed by atoms with Crippen molar-refractivity contribution in [3.05, 3.63) is 48.0 Å². The van der Waals surface area contributed by atoms with Crippen LogP contribution in [-0.4, -0.2) is 30.6 Å². The smallest absolute Gasteiger partial charge is 0.225 e. The summed E-state index contributed by atoms with van der Waals surface area (Å²) in [7, 11) is 0. The Morgan fingerprint density at radius 2 is 2.04 bits per heavy atom. The fourth-order valence-electron chi connectivity index (χ4n) is 2.30. The predicted molar refractivity (Wildman–Crippen MR) is 90.8 cm³/mol. The van der Waals surface area contributed by atoms with Crippen molar-refractivity contribution < 1.29 is 4.79 Å². The second-order valence-electron chi connectivity index (χ2n) is 5.41. The molecule has 1 amide bonds. The number of carbonyl (C=O) groups excluding carboxylic acids is 1. The monoisotopic (exact) mass is 322 g/mol. The highest BCUT2D eigenvalue weighted by molar-refractivity contribution is 5.89. The lowest BCUT2D eigenvalue weighted by Gasteiger charge is -2.06. The van der Waals surface area contributed by atoms with E-state index < -0.39 is 0 Å². The molecule has 7 nitrogen and oxygen atoms in total. The minimum Gasteiger partial charge on any atom is -0.311 e. The van der Waals surface area contributed by atoms with Gasteiger partial charge in [0.1, 0.15) is 5.82 Å². The first-order valence-corrected chi connectivity index (χ1v) is 7.70. The average Bonchev–Trinajstić information content (AvgIpc) is 2.93. The number of nitrogens with one attached hydrogen (secondary N) is 1. The van der Waals surface area contributed by atoms with Crippen molar-refractivity contribution in [2.75, 3.05) is 5.32 Å². The van der Waals surface area contributed by atoms with Crippen LogP contribution in [0, 0.1) is 13.8 Å². The molecular weight excluding hydrogens is 304 g/mol. The predicted octanol–water partition coefficient (Wildman–Crippen LogP) is 2.69. The van der Waals surface area contributed by atoms with E-state index in [-0.39, 0.29) is 5.91 Å². The summed E-state index contributed by atoms with van der Waals surface area (Å²) in [5, 5.41) is 7.14. The highest BCUT2D eigenvalue weighted by Crippen LogP contribution is 2.17.